The molecule has 1 unspecified atom stereocenters. The number of piperidine rings is 1. The summed E-state index contributed by atoms with van der Waals surface area (Å²) in [7, 11) is 0. The highest BCUT2D eigenvalue weighted by molar-refractivity contribution is 6.00. The average molecular weight is 470 g/mol. The Balaban J connectivity index is 1.39. The predicted octanol–water partition coefficient (Wildman–Crippen LogP) is 5.43. The van der Waals surface area contributed by atoms with Crippen LogP contribution in [0.25, 0.3) is 16.9 Å². The lowest BCUT2D eigenvalue weighted by Gasteiger charge is -2.52. The van der Waals surface area contributed by atoms with Crippen LogP contribution in [0.3, 0.4) is 0 Å². The molecule has 2 aromatic heterocycles. The Morgan fingerprint density at radius 3 is 2.51 bits per heavy atom. The highest BCUT2D eigenvalue weighted by Gasteiger charge is 2.50. The first-order chi connectivity index (χ1) is 17.1. The van der Waals surface area contributed by atoms with Gasteiger partial charge in [-0.25, -0.2) is 9.37 Å². The number of rotatable bonds is 3. The number of aromatic nitrogens is 2. The number of pyridine rings is 1. The maximum Gasteiger partial charge on any atom is 0.274 e. The number of hydrogen-bond donors (Lipinski definition) is 1. The van der Waals surface area contributed by atoms with Gasteiger partial charge in [0.1, 0.15) is 11.6 Å². The van der Waals surface area contributed by atoms with E-state index in [0.29, 0.717) is 24.5 Å². The van der Waals surface area contributed by atoms with E-state index < -0.39 is 5.60 Å². The monoisotopic (exact) mass is 469 g/mol. The fraction of sp³-hybridized carbons (Fsp3) is 0.310. The molecule has 1 aliphatic carbocycles. The Bertz CT molecular complexity index is 1370. The third-order valence-electron chi connectivity index (χ3n) is 7.86. The maximum absolute atomic E-state index is 14.0. The normalized spacial score (nSPS) is 24.3. The van der Waals surface area contributed by atoms with E-state index in [9.17, 15) is 14.3 Å². The van der Waals surface area contributed by atoms with Gasteiger partial charge < -0.3 is 10.0 Å². The molecule has 0 bridgehead atoms. The molecule has 178 valence electrons. The fourth-order valence-corrected chi connectivity index (χ4v) is 6.15. The van der Waals surface area contributed by atoms with Crippen molar-refractivity contribution in [2.24, 2.45) is 5.92 Å². The van der Waals surface area contributed by atoms with E-state index in [1.807, 2.05) is 64.0 Å². The summed E-state index contributed by atoms with van der Waals surface area (Å²) in [5, 5.41) is 11.9. The van der Waals surface area contributed by atoms with Crippen molar-refractivity contribution >= 4 is 11.4 Å². The van der Waals surface area contributed by atoms with E-state index in [4.69, 9.17) is 4.98 Å². The SMILES string of the molecule is O=C(c1nc(-c2ccc(F)cc2)n2ccccc12)N1CCC(O)(c2ccccc2)[C@@H]2CCCC[C@@H]21. The summed E-state index contributed by atoms with van der Waals surface area (Å²) in [6.07, 6.45) is 6.25. The Labute approximate surface area is 203 Å². The maximum atomic E-state index is 14.0. The molecule has 3 heterocycles. The van der Waals surface area contributed by atoms with Crippen molar-refractivity contribution in [3.8, 4) is 11.4 Å². The molecule has 0 radical (unpaired) electrons. The third-order valence-corrected chi connectivity index (χ3v) is 7.86. The van der Waals surface area contributed by atoms with Crippen LogP contribution in [0.4, 0.5) is 4.39 Å². The number of benzene rings is 2. The Morgan fingerprint density at radius 1 is 0.971 bits per heavy atom. The van der Waals surface area contributed by atoms with E-state index in [1.165, 1.54) is 12.1 Å². The third kappa shape index (κ3) is 3.64. The highest BCUT2D eigenvalue weighted by Crippen LogP contribution is 2.47. The van der Waals surface area contributed by atoms with Gasteiger partial charge in [0.05, 0.1) is 11.1 Å². The Hall–Kier alpha value is -3.51. The summed E-state index contributed by atoms with van der Waals surface area (Å²) >= 11 is 0. The van der Waals surface area contributed by atoms with Crippen molar-refractivity contribution in [3.63, 3.8) is 0 Å². The van der Waals surface area contributed by atoms with Crippen molar-refractivity contribution in [2.75, 3.05) is 6.54 Å². The molecule has 1 saturated carbocycles. The van der Waals surface area contributed by atoms with Crippen molar-refractivity contribution < 1.29 is 14.3 Å². The second-order valence-electron chi connectivity index (χ2n) is 9.74. The quantitative estimate of drug-likeness (QED) is 0.435. The lowest BCUT2D eigenvalue weighted by Crippen LogP contribution is -2.59. The van der Waals surface area contributed by atoms with Gasteiger partial charge in [0.25, 0.3) is 5.91 Å². The molecular formula is C29H28FN3O2. The zero-order chi connectivity index (χ0) is 24.0. The lowest BCUT2D eigenvalue weighted by molar-refractivity contribution is -0.110. The van der Waals surface area contributed by atoms with Gasteiger partial charge in [0, 0.05) is 30.3 Å². The fourth-order valence-electron chi connectivity index (χ4n) is 6.15. The molecule has 3 atom stereocenters. The predicted molar refractivity (Wildman–Crippen MR) is 132 cm³/mol. The van der Waals surface area contributed by atoms with Crippen LogP contribution in [0, 0.1) is 11.7 Å². The van der Waals surface area contributed by atoms with Crippen molar-refractivity contribution in [1.82, 2.24) is 14.3 Å². The van der Waals surface area contributed by atoms with Crippen molar-refractivity contribution in [3.05, 3.63) is 96.1 Å². The molecule has 1 amide bonds. The van der Waals surface area contributed by atoms with Gasteiger partial charge in [-0.05, 0) is 61.2 Å². The minimum Gasteiger partial charge on any atom is -0.385 e. The van der Waals surface area contributed by atoms with Crippen LogP contribution in [0.15, 0.2) is 79.0 Å². The van der Waals surface area contributed by atoms with Gasteiger partial charge in [-0.1, -0.05) is 49.2 Å². The van der Waals surface area contributed by atoms with Crippen LogP contribution in [0.5, 0.6) is 0 Å². The summed E-state index contributed by atoms with van der Waals surface area (Å²) < 4.78 is 15.4. The van der Waals surface area contributed by atoms with Crippen LogP contribution in [-0.2, 0) is 5.60 Å². The molecule has 1 aliphatic heterocycles. The van der Waals surface area contributed by atoms with Gasteiger partial charge >= 0.3 is 0 Å². The number of likely N-dealkylation sites (tertiary alicyclic amines) is 1. The van der Waals surface area contributed by atoms with Crippen LogP contribution in [-0.4, -0.2) is 37.9 Å². The van der Waals surface area contributed by atoms with E-state index >= 15 is 0 Å². The largest absolute Gasteiger partial charge is 0.385 e. The van der Waals surface area contributed by atoms with Crippen LogP contribution in [0.2, 0.25) is 0 Å². The topological polar surface area (TPSA) is 57.8 Å². The Morgan fingerprint density at radius 2 is 1.71 bits per heavy atom. The smallest absolute Gasteiger partial charge is 0.274 e. The molecular weight excluding hydrogens is 441 g/mol. The molecule has 5 nitrogen and oxygen atoms in total. The number of fused-ring (bicyclic) bond motifs is 2. The number of imidazole rings is 1. The molecule has 1 saturated heterocycles. The van der Waals surface area contributed by atoms with Crippen LogP contribution in [0.1, 0.15) is 48.2 Å². The second-order valence-corrected chi connectivity index (χ2v) is 9.74. The zero-order valence-electron chi connectivity index (χ0n) is 19.5. The molecule has 6 rings (SSSR count). The number of aliphatic hydroxyl groups is 1. The van der Waals surface area contributed by atoms with Crippen molar-refractivity contribution in [2.45, 2.75) is 43.7 Å². The summed E-state index contributed by atoms with van der Waals surface area (Å²) in [4.78, 5) is 20.8. The first-order valence-corrected chi connectivity index (χ1v) is 12.4. The van der Waals surface area contributed by atoms with Gasteiger partial charge in [-0.3, -0.25) is 9.20 Å². The number of hydrogen-bond acceptors (Lipinski definition) is 3. The molecule has 2 aliphatic rings. The molecule has 0 spiro atoms. The van der Waals surface area contributed by atoms with Gasteiger partial charge in [-0.15, -0.1) is 0 Å². The lowest BCUT2D eigenvalue weighted by atomic mass is 9.66. The highest BCUT2D eigenvalue weighted by atomic mass is 19.1. The standard InChI is InChI=1S/C29H28FN3O2/c30-22-15-13-20(14-16-22)27-31-26(25-12-6-7-18-32(25)27)28(34)33-19-17-29(35,21-8-2-1-3-9-21)23-10-4-5-11-24(23)33/h1-3,6-9,12-16,18,23-24,35H,4-5,10-11,17,19H2/t23-,24+,29?/m1/s1. The number of amides is 1. The van der Waals surface area contributed by atoms with Crippen molar-refractivity contribution in [1.29, 1.82) is 0 Å². The number of halogens is 1. The van der Waals surface area contributed by atoms with E-state index in [0.717, 1.165) is 42.3 Å². The minimum absolute atomic E-state index is 0.0122. The molecule has 2 fully saturated rings. The molecule has 35 heavy (non-hydrogen) atoms. The van der Waals surface area contributed by atoms with E-state index in [1.54, 1.807) is 12.1 Å². The van der Waals surface area contributed by atoms with Crippen LogP contribution >= 0.6 is 0 Å². The van der Waals surface area contributed by atoms with Gasteiger partial charge in [0.15, 0.2) is 5.69 Å². The van der Waals surface area contributed by atoms with Gasteiger partial charge in [0.2, 0.25) is 0 Å². The number of carbonyl (C=O) groups is 1. The van der Waals surface area contributed by atoms with E-state index in [-0.39, 0.29) is 23.7 Å². The summed E-state index contributed by atoms with van der Waals surface area (Å²) in [6, 6.07) is 21.7. The second kappa shape index (κ2) is 8.61. The molecule has 2 aromatic carbocycles. The van der Waals surface area contributed by atoms with Crippen LogP contribution < -0.4 is 0 Å². The first kappa shape index (κ1) is 22.0. The summed E-state index contributed by atoms with van der Waals surface area (Å²) in [5.74, 6) is 0.186. The first-order valence-electron chi connectivity index (χ1n) is 12.4. The molecule has 1 N–H and O–H groups in total. The van der Waals surface area contributed by atoms with E-state index in [2.05, 4.69) is 0 Å². The molecule has 6 heteroatoms. The average Bonchev–Trinajstić information content (AvgIpc) is 3.29. The van der Waals surface area contributed by atoms with Gasteiger partial charge in [-0.2, -0.15) is 0 Å². The Kier molecular flexibility index (Phi) is 5.41. The summed E-state index contributed by atoms with van der Waals surface area (Å²) in [5.41, 5.74) is 1.89. The minimum atomic E-state index is -0.932. The zero-order valence-corrected chi connectivity index (χ0v) is 19.5. The summed E-state index contributed by atoms with van der Waals surface area (Å²) in [6.45, 7) is 0.475. The number of carbonyl (C=O) groups excluding carboxylic acids is 1. The molecule has 4 aromatic rings. The number of nitrogens with zero attached hydrogens (tertiary/aromatic N) is 3.